The second-order valence-electron chi connectivity index (χ2n) is 12.3. The molecule has 41 heavy (non-hydrogen) atoms. The first-order valence-electron chi connectivity index (χ1n) is 15.1. The number of nitrogens with zero attached hydrogens (tertiary/aromatic N) is 4. The fourth-order valence-corrected chi connectivity index (χ4v) is 7.71. The predicted octanol–water partition coefficient (Wildman–Crippen LogP) is 6.44. The first-order chi connectivity index (χ1) is 19.8. The molecule has 2 aliphatic heterocycles. The monoisotopic (exact) mass is 568 g/mol. The normalized spacial score (nSPS) is 24.7. The third-order valence-electron chi connectivity index (χ3n) is 9.79. The number of fused-ring (bicyclic) bond motifs is 1. The summed E-state index contributed by atoms with van der Waals surface area (Å²) in [5.74, 6) is 0.127. The smallest absolute Gasteiger partial charge is 0.416 e. The van der Waals surface area contributed by atoms with Crippen LogP contribution in [0.3, 0.4) is 0 Å². The Morgan fingerprint density at radius 2 is 1.71 bits per heavy atom. The maximum atomic E-state index is 13.4. The maximum absolute atomic E-state index is 13.4. The lowest BCUT2D eigenvalue weighted by Crippen LogP contribution is -2.46. The van der Waals surface area contributed by atoms with Crippen LogP contribution in [-0.4, -0.2) is 69.2 Å². The summed E-state index contributed by atoms with van der Waals surface area (Å²) in [5, 5.41) is 10.3. The van der Waals surface area contributed by atoms with Gasteiger partial charge >= 0.3 is 12.1 Å². The molecule has 0 unspecified atom stereocenters. The van der Waals surface area contributed by atoms with E-state index >= 15 is 0 Å². The fourth-order valence-electron chi connectivity index (χ4n) is 7.71. The van der Waals surface area contributed by atoms with E-state index in [4.69, 9.17) is 0 Å². The summed E-state index contributed by atoms with van der Waals surface area (Å²) in [6.45, 7) is 4.14. The van der Waals surface area contributed by atoms with Crippen LogP contribution >= 0.6 is 0 Å². The fraction of sp³-hybridized carbons (Fsp3) is 0.562. The van der Waals surface area contributed by atoms with Gasteiger partial charge in [0, 0.05) is 44.7 Å². The lowest BCUT2D eigenvalue weighted by molar-refractivity contribution is -0.145. The first-order valence-corrected chi connectivity index (χ1v) is 15.1. The predicted molar refractivity (Wildman–Crippen MR) is 152 cm³/mol. The van der Waals surface area contributed by atoms with Gasteiger partial charge in [0.2, 0.25) is 0 Å². The molecule has 3 heterocycles. The van der Waals surface area contributed by atoms with E-state index in [1.54, 1.807) is 6.33 Å². The number of benzene rings is 2. The number of likely N-dealkylation sites (tertiary alicyclic amines) is 2. The Kier molecular flexibility index (Phi) is 8.10. The second kappa shape index (κ2) is 11.8. The summed E-state index contributed by atoms with van der Waals surface area (Å²) in [7, 11) is 0. The van der Waals surface area contributed by atoms with Gasteiger partial charge in [0.15, 0.2) is 0 Å². The highest BCUT2D eigenvalue weighted by atomic mass is 19.4. The number of halogens is 3. The number of carboxylic acid groups (broad SMARTS) is 1. The van der Waals surface area contributed by atoms with Crippen LogP contribution in [0.25, 0.3) is 11.0 Å². The average Bonchev–Trinajstić information content (AvgIpc) is 3.58. The molecule has 9 heteroatoms. The Morgan fingerprint density at radius 3 is 2.39 bits per heavy atom. The minimum Gasteiger partial charge on any atom is -0.480 e. The Morgan fingerprint density at radius 1 is 0.976 bits per heavy atom. The molecule has 0 radical (unpaired) electrons. The van der Waals surface area contributed by atoms with Gasteiger partial charge in [-0.05, 0) is 61.3 Å². The molecule has 0 bridgehead atoms. The van der Waals surface area contributed by atoms with E-state index < -0.39 is 23.8 Å². The van der Waals surface area contributed by atoms with Crippen LogP contribution in [0.1, 0.15) is 68.0 Å². The van der Waals surface area contributed by atoms with Gasteiger partial charge in [-0.15, -0.1) is 0 Å². The number of aliphatic carboxylic acids is 1. The highest BCUT2D eigenvalue weighted by Crippen LogP contribution is 2.39. The lowest BCUT2D eigenvalue weighted by Gasteiger charge is -2.36. The number of carbonyl (C=O) groups is 1. The molecule has 3 aliphatic rings. The van der Waals surface area contributed by atoms with Crippen molar-refractivity contribution in [3.05, 3.63) is 66.0 Å². The largest absolute Gasteiger partial charge is 0.480 e. The molecular formula is C32H39F3N4O2. The van der Waals surface area contributed by atoms with Gasteiger partial charge in [0.1, 0.15) is 6.04 Å². The molecule has 0 amide bonds. The molecular weight excluding hydrogens is 529 g/mol. The van der Waals surface area contributed by atoms with E-state index in [1.807, 2.05) is 10.6 Å². The minimum absolute atomic E-state index is 0.104. The van der Waals surface area contributed by atoms with Crippen molar-refractivity contribution in [2.75, 3.05) is 32.7 Å². The van der Waals surface area contributed by atoms with Crippen molar-refractivity contribution >= 4 is 17.0 Å². The lowest BCUT2D eigenvalue weighted by atomic mass is 9.83. The third kappa shape index (κ3) is 6.02. The molecule has 6 rings (SSSR count). The Labute approximate surface area is 239 Å². The number of aromatic nitrogens is 2. The Bertz CT molecular complexity index is 1330. The van der Waals surface area contributed by atoms with Crippen molar-refractivity contribution in [1.82, 2.24) is 19.4 Å². The molecule has 2 saturated heterocycles. The van der Waals surface area contributed by atoms with Crippen molar-refractivity contribution in [1.29, 1.82) is 0 Å². The average molecular weight is 569 g/mol. The molecule has 220 valence electrons. The van der Waals surface area contributed by atoms with E-state index in [1.165, 1.54) is 24.1 Å². The van der Waals surface area contributed by atoms with Crippen LogP contribution in [0.4, 0.5) is 13.2 Å². The van der Waals surface area contributed by atoms with Crippen molar-refractivity contribution in [3.63, 3.8) is 0 Å². The summed E-state index contributed by atoms with van der Waals surface area (Å²) in [6.07, 6.45) is 4.41. The van der Waals surface area contributed by atoms with Gasteiger partial charge < -0.3 is 14.6 Å². The first kappa shape index (κ1) is 28.2. The number of hydrogen-bond donors (Lipinski definition) is 1. The summed E-state index contributed by atoms with van der Waals surface area (Å²) in [5.41, 5.74) is 1.75. The molecule has 1 N–H and O–H groups in total. The van der Waals surface area contributed by atoms with Gasteiger partial charge in [-0.25, -0.2) is 4.98 Å². The van der Waals surface area contributed by atoms with Crippen LogP contribution in [0.2, 0.25) is 0 Å². The number of alkyl halides is 3. The molecule has 1 aromatic heterocycles. The van der Waals surface area contributed by atoms with Gasteiger partial charge in [0.25, 0.3) is 0 Å². The zero-order valence-corrected chi connectivity index (χ0v) is 23.3. The van der Waals surface area contributed by atoms with Crippen LogP contribution in [0.5, 0.6) is 0 Å². The molecule has 1 saturated carbocycles. The van der Waals surface area contributed by atoms with E-state index in [0.29, 0.717) is 17.0 Å². The number of imidazole rings is 1. The van der Waals surface area contributed by atoms with E-state index in [-0.39, 0.29) is 17.9 Å². The molecule has 3 fully saturated rings. The number of piperidine rings is 1. The highest BCUT2D eigenvalue weighted by molar-refractivity contribution is 5.76. The maximum Gasteiger partial charge on any atom is 0.416 e. The standard InChI is InChI=1S/C32H39F3N4O2/c33-32(34,35)25-11-12-28-29(17-25)39(21-36-28)26-13-15-37(16-14-26)18-24-19-38(20-27(24)22-7-3-1-4-8-22)30(31(40)41)23-9-5-2-6-10-23/h1,3-4,7-8,11-12,17,21,23-24,26-27,30H,2,5-6,9-10,13-16,18-20H2,(H,40,41)/t24-,27+,30+/m0/s1. The SMILES string of the molecule is O=C(O)[C@@H](C1CCCCC1)N1C[C@H](CN2CCC(n3cnc4ccc(C(F)(F)F)cc43)CC2)[C@@H](c2ccccc2)C1. The molecule has 2 aromatic carbocycles. The van der Waals surface area contributed by atoms with Crippen LogP contribution in [-0.2, 0) is 11.0 Å². The van der Waals surface area contributed by atoms with Crippen molar-refractivity contribution in [2.45, 2.75) is 69.1 Å². The van der Waals surface area contributed by atoms with Gasteiger partial charge in [0.05, 0.1) is 22.9 Å². The van der Waals surface area contributed by atoms with Gasteiger partial charge in [-0.1, -0.05) is 49.6 Å². The van der Waals surface area contributed by atoms with Crippen LogP contribution < -0.4 is 0 Å². The highest BCUT2D eigenvalue weighted by Gasteiger charge is 2.43. The van der Waals surface area contributed by atoms with Crippen molar-refractivity contribution in [2.24, 2.45) is 11.8 Å². The third-order valence-corrected chi connectivity index (χ3v) is 9.79. The number of hydrogen-bond acceptors (Lipinski definition) is 4. The zero-order valence-electron chi connectivity index (χ0n) is 23.3. The van der Waals surface area contributed by atoms with E-state index in [0.717, 1.165) is 77.3 Å². The van der Waals surface area contributed by atoms with Crippen molar-refractivity contribution < 1.29 is 23.1 Å². The van der Waals surface area contributed by atoms with Gasteiger partial charge in [-0.2, -0.15) is 13.2 Å². The summed E-state index contributed by atoms with van der Waals surface area (Å²) >= 11 is 0. The summed E-state index contributed by atoms with van der Waals surface area (Å²) in [4.78, 5) is 21.6. The van der Waals surface area contributed by atoms with Gasteiger partial charge in [-0.3, -0.25) is 9.69 Å². The van der Waals surface area contributed by atoms with Crippen LogP contribution in [0, 0.1) is 11.8 Å². The summed E-state index contributed by atoms with van der Waals surface area (Å²) < 4.78 is 42.0. The van der Waals surface area contributed by atoms with E-state index in [2.05, 4.69) is 39.0 Å². The molecule has 1 aliphatic carbocycles. The Hall–Kier alpha value is -2.91. The topological polar surface area (TPSA) is 61.6 Å². The molecule has 3 aromatic rings. The quantitative estimate of drug-likeness (QED) is 0.356. The van der Waals surface area contributed by atoms with Crippen molar-refractivity contribution in [3.8, 4) is 0 Å². The second-order valence-corrected chi connectivity index (χ2v) is 12.3. The Balaban J connectivity index is 1.15. The number of carboxylic acids is 1. The molecule has 3 atom stereocenters. The number of rotatable bonds is 7. The van der Waals surface area contributed by atoms with Crippen LogP contribution in [0.15, 0.2) is 54.9 Å². The zero-order chi connectivity index (χ0) is 28.6. The molecule has 6 nitrogen and oxygen atoms in total. The minimum atomic E-state index is -4.38. The molecule has 0 spiro atoms. The van der Waals surface area contributed by atoms with E-state index in [9.17, 15) is 23.1 Å². The summed E-state index contributed by atoms with van der Waals surface area (Å²) in [6, 6.07) is 13.9.